The van der Waals surface area contributed by atoms with E-state index in [1.165, 1.54) is 22.8 Å². The van der Waals surface area contributed by atoms with Crippen molar-refractivity contribution in [3.8, 4) is 5.75 Å². The average molecular weight is 258 g/mol. The summed E-state index contributed by atoms with van der Waals surface area (Å²) >= 11 is 0. The van der Waals surface area contributed by atoms with Crippen molar-refractivity contribution in [2.75, 3.05) is 0 Å². The van der Waals surface area contributed by atoms with Gasteiger partial charge >= 0.3 is 5.69 Å². The van der Waals surface area contributed by atoms with E-state index in [4.69, 9.17) is 0 Å². The number of imidazole rings is 1. The Hall–Kier alpha value is -2.56. The summed E-state index contributed by atoms with van der Waals surface area (Å²) in [6.07, 6.45) is 0. The molecule has 0 fully saturated rings. The lowest BCUT2D eigenvalue weighted by atomic mass is 10.2. The Kier molecular flexibility index (Phi) is 2.59. The number of aromatic nitrogens is 2. The molecule has 0 atom stereocenters. The number of aromatic hydroxyl groups is 1. The molecule has 96 valence electrons. The first kappa shape index (κ1) is 11.5. The molecule has 19 heavy (non-hydrogen) atoms. The normalized spacial score (nSPS) is 11.0. The maximum atomic E-state index is 13.6. The predicted octanol–water partition coefficient (Wildman–Crippen LogP) is 2.22. The highest BCUT2D eigenvalue weighted by atomic mass is 19.1. The maximum absolute atomic E-state index is 13.6. The van der Waals surface area contributed by atoms with Crippen LogP contribution in [0.3, 0.4) is 0 Å². The van der Waals surface area contributed by atoms with Gasteiger partial charge in [0, 0.05) is 11.6 Å². The fourth-order valence-corrected chi connectivity index (χ4v) is 2.10. The molecule has 1 heterocycles. The number of benzene rings is 2. The molecule has 4 nitrogen and oxygen atoms in total. The van der Waals surface area contributed by atoms with Crippen LogP contribution in [0.5, 0.6) is 5.75 Å². The number of rotatable bonds is 2. The molecule has 0 bridgehead atoms. The molecule has 0 aliphatic rings. The molecule has 0 saturated carbocycles. The van der Waals surface area contributed by atoms with Gasteiger partial charge < -0.3 is 10.1 Å². The molecule has 2 N–H and O–H groups in total. The summed E-state index contributed by atoms with van der Waals surface area (Å²) < 4.78 is 15.0. The third kappa shape index (κ3) is 1.99. The number of aromatic amines is 1. The van der Waals surface area contributed by atoms with Crippen LogP contribution in [0.2, 0.25) is 0 Å². The molecule has 0 aliphatic heterocycles. The molecule has 3 rings (SSSR count). The molecule has 0 saturated heterocycles. The van der Waals surface area contributed by atoms with Gasteiger partial charge in [-0.25, -0.2) is 9.18 Å². The Labute approximate surface area is 107 Å². The van der Waals surface area contributed by atoms with Crippen molar-refractivity contribution in [2.45, 2.75) is 6.54 Å². The van der Waals surface area contributed by atoms with Gasteiger partial charge in [0.2, 0.25) is 0 Å². The van der Waals surface area contributed by atoms with Gasteiger partial charge in [-0.1, -0.05) is 18.2 Å². The first-order valence-corrected chi connectivity index (χ1v) is 5.80. The van der Waals surface area contributed by atoms with E-state index >= 15 is 0 Å². The molecule has 3 aromatic rings. The lowest BCUT2D eigenvalue weighted by Gasteiger charge is -2.05. The smallest absolute Gasteiger partial charge is 0.326 e. The zero-order valence-corrected chi connectivity index (χ0v) is 9.93. The minimum Gasteiger partial charge on any atom is -0.508 e. The molecule has 0 amide bonds. The van der Waals surface area contributed by atoms with Gasteiger partial charge in [0.05, 0.1) is 17.6 Å². The average Bonchev–Trinajstić information content (AvgIpc) is 2.69. The van der Waals surface area contributed by atoms with Gasteiger partial charge in [-0.15, -0.1) is 0 Å². The van der Waals surface area contributed by atoms with Crippen LogP contribution in [0.1, 0.15) is 5.56 Å². The summed E-state index contributed by atoms with van der Waals surface area (Å²) in [6.45, 7) is 0.120. The van der Waals surface area contributed by atoms with E-state index in [9.17, 15) is 14.3 Å². The molecule has 0 spiro atoms. The zero-order chi connectivity index (χ0) is 13.4. The monoisotopic (exact) mass is 258 g/mol. The summed E-state index contributed by atoms with van der Waals surface area (Å²) in [5.41, 5.74) is 1.25. The van der Waals surface area contributed by atoms with E-state index in [1.54, 1.807) is 24.3 Å². The van der Waals surface area contributed by atoms with Crippen LogP contribution in [-0.4, -0.2) is 14.7 Å². The number of halogens is 1. The number of fused-ring (bicyclic) bond motifs is 1. The van der Waals surface area contributed by atoms with E-state index in [0.29, 0.717) is 16.6 Å². The van der Waals surface area contributed by atoms with Gasteiger partial charge in [-0.2, -0.15) is 0 Å². The molecule has 0 aliphatic carbocycles. The van der Waals surface area contributed by atoms with Crippen molar-refractivity contribution in [1.29, 1.82) is 0 Å². The number of phenolic OH excluding ortho intramolecular Hbond substituents is 1. The fraction of sp³-hybridized carbons (Fsp3) is 0.0714. The van der Waals surface area contributed by atoms with E-state index in [-0.39, 0.29) is 23.8 Å². The number of H-pyrrole nitrogens is 1. The second-order valence-corrected chi connectivity index (χ2v) is 4.31. The number of nitrogens with one attached hydrogen (secondary N) is 1. The standard InChI is InChI=1S/C14H11FN2O2/c15-11-4-2-1-3-9(11)8-17-13-7-10(18)5-6-12(13)16-14(17)19/h1-7,18H,8H2,(H,16,19). The summed E-state index contributed by atoms with van der Waals surface area (Å²) in [5.74, 6) is -0.294. The highest BCUT2D eigenvalue weighted by Crippen LogP contribution is 2.18. The Bertz CT molecular complexity index is 805. The topological polar surface area (TPSA) is 58.0 Å². The number of phenols is 1. The summed E-state index contributed by atoms with van der Waals surface area (Å²) in [6, 6.07) is 10.9. The molecule has 1 aromatic heterocycles. The zero-order valence-electron chi connectivity index (χ0n) is 9.93. The van der Waals surface area contributed by atoms with E-state index in [1.807, 2.05) is 0 Å². The summed E-state index contributed by atoms with van der Waals surface area (Å²) in [4.78, 5) is 14.5. The first-order chi connectivity index (χ1) is 9.15. The van der Waals surface area contributed by atoms with E-state index in [2.05, 4.69) is 4.98 Å². The molecule has 0 radical (unpaired) electrons. The quantitative estimate of drug-likeness (QED) is 0.740. The predicted molar refractivity (Wildman–Crippen MR) is 69.7 cm³/mol. The van der Waals surface area contributed by atoms with Crippen LogP contribution >= 0.6 is 0 Å². The second-order valence-electron chi connectivity index (χ2n) is 4.31. The van der Waals surface area contributed by atoms with Crippen LogP contribution in [0.15, 0.2) is 47.3 Å². The van der Waals surface area contributed by atoms with Gasteiger partial charge in [-0.05, 0) is 18.2 Å². The Balaban J connectivity index is 2.15. The SMILES string of the molecule is O=c1[nH]c2ccc(O)cc2n1Cc1ccccc1F. The number of hydrogen-bond donors (Lipinski definition) is 2. The maximum Gasteiger partial charge on any atom is 0.326 e. The minimum absolute atomic E-state index is 0.0637. The number of nitrogens with zero attached hydrogens (tertiary/aromatic N) is 1. The molecule has 0 unspecified atom stereocenters. The van der Waals surface area contributed by atoms with E-state index in [0.717, 1.165) is 0 Å². The van der Waals surface area contributed by atoms with Crippen molar-refractivity contribution in [2.24, 2.45) is 0 Å². The Morgan fingerprint density at radius 3 is 2.79 bits per heavy atom. The highest BCUT2D eigenvalue weighted by molar-refractivity contribution is 5.76. The molecule has 5 heteroatoms. The van der Waals surface area contributed by atoms with Crippen molar-refractivity contribution in [3.05, 3.63) is 64.3 Å². The summed E-state index contributed by atoms with van der Waals surface area (Å²) in [7, 11) is 0. The third-order valence-electron chi connectivity index (χ3n) is 3.05. The first-order valence-electron chi connectivity index (χ1n) is 5.80. The van der Waals surface area contributed by atoms with Crippen LogP contribution in [0.4, 0.5) is 4.39 Å². The lowest BCUT2D eigenvalue weighted by molar-refractivity contribution is 0.476. The highest BCUT2D eigenvalue weighted by Gasteiger charge is 2.09. The van der Waals surface area contributed by atoms with Crippen LogP contribution in [-0.2, 0) is 6.54 Å². The van der Waals surface area contributed by atoms with Gasteiger partial charge in [0.1, 0.15) is 11.6 Å². The Morgan fingerprint density at radius 2 is 2.00 bits per heavy atom. The van der Waals surface area contributed by atoms with Crippen molar-refractivity contribution in [1.82, 2.24) is 9.55 Å². The minimum atomic E-state index is -0.357. The Morgan fingerprint density at radius 1 is 1.21 bits per heavy atom. The van der Waals surface area contributed by atoms with Crippen LogP contribution < -0.4 is 5.69 Å². The lowest BCUT2D eigenvalue weighted by Crippen LogP contribution is -2.17. The summed E-state index contributed by atoms with van der Waals surface area (Å²) in [5, 5.41) is 9.48. The molecular weight excluding hydrogens is 247 g/mol. The van der Waals surface area contributed by atoms with Gasteiger partial charge in [-0.3, -0.25) is 4.57 Å². The molecule has 2 aromatic carbocycles. The van der Waals surface area contributed by atoms with Crippen molar-refractivity contribution < 1.29 is 9.50 Å². The number of hydrogen-bond acceptors (Lipinski definition) is 2. The van der Waals surface area contributed by atoms with E-state index < -0.39 is 0 Å². The van der Waals surface area contributed by atoms with Crippen molar-refractivity contribution in [3.63, 3.8) is 0 Å². The van der Waals surface area contributed by atoms with Crippen molar-refractivity contribution >= 4 is 11.0 Å². The largest absolute Gasteiger partial charge is 0.508 e. The van der Waals surface area contributed by atoms with Gasteiger partial charge in [0.25, 0.3) is 0 Å². The van der Waals surface area contributed by atoms with Crippen LogP contribution in [0, 0.1) is 5.82 Å². The third-order valence-corrected chi connectivity index (χ3v) is 3.05. The van der Waals surface area contributed by atoms with Gasteiger partial charge in [0.15, 0.2) is 0 Å². The molecular formula is C14H11FN2O2. The fourth-order valence-electron chi connectivity index (χ4n) is 2.10. The van der Waals surface area contributed by atoms with Crippen LogP contribution in [0.25, 0.3) is 11.0 Å². The second kappa shape index (κ2) is 4.28.